The van der Waals surface area contributed by atoms with Crippen molar-refractivity contribution >= 4 is 5.97 Å². The predicted molar refractivity (Wildman–Crippen MR) is 54.6 cm³/mol. The molecule has 0 aliphatic carbocycles. The van der Waals surface area contributed by atoms with Crippen molar-refractivity contribution in [3.05, 3.63) is 35.4 Å². The predicted octanol–water partition coefficient (Wildman–Crippen LogP) is 0.505. The van der Waals surface area contributed by atoms with Gasteiger partial charge < -0.3 is 14.9 Å². The molecule has 1 rings (SSSR count). The molecular weight excluding hydrogens is 196 g/mol. The number of carbonyl (C=O) groups excluding carboxylic acids is 1. The number of aliphatic hydroxyl groups excluding tert-OH is 2. The minimum Gasteiger partial charge on any atom is -0.454 e. The van der Waals surface area contributed by atoms with Crippen molar-refractivity contribution in [3.8, 4) is 0 Å². The summed E-state index contributed by atoms with van der Waals surface area (Å²) in [4.78, 5) is 11.5. The van der Waals surface area contributed by atoms with Gasteiger partial charge in [0.15, 0.2) is 0 Å². The third-order valence-electron chi connectivity index (χ3n) is 2.05. The van der Waals surface area contributed by atoms with Gasteiger partial charge in [-0.05, 0) is 18.6 Å². The van der Waals surface area contributed by atoms with E-state index < -0.39 is 12.1 Å². The summed E-state index contributed by atoms with van der Waals surface area (Å²) in [7, 11) is 0. The molecule has 4 nitrogen and oxygen atoms in total. The minimum absolute atomic E-state index is 0.381. The van der Waals surface area contributed by atoms with Gasteiger partial charge in [0.2, 0.25) is 0 Å². The molecule has 2 N–H and O–H groups in total. The van der Waals surface area contributed by atoms with E-state index >= 15 is 0 Å². The molecule has 0 heterocycles. The molecule has 0 aliphatic rings. The summed E-state index contributed by atoms with van der Waals surface area (Å²) >= 11 is 0. The van der Waals surface area contributed by atoms with Crippen LogP contribution in [0.4, 0.5) is 0 Å². The summed E-state index contributed by atoms with van der Waals surface area (Å²) in [6, 6.07) is 6.99. The molecule has 4 heteroatoms. The Kier molecular flexibility index (Phi) is 4.27. The van der Waals surface area contributed by atoms with Crippen molar-refractivity contribution < 1.29 is 19.7 Å². The number of aliphatic hydroxyl groups is 2. The van der Waals surface area contributed by atoms with Gasteiger partial charge in [-0.1, -0.05) is 18.2 Å². The van der Waals surface area contributed by atoms with Crippen LogP contribution in [-0.4, -0.2) is 35.5 Å². The Balaban J connectivity index is 2.73. The summed E-state index contributed by atoms with van der Waals surface area (Å²) in [5.74, 6) is -0.527. The van der Waals surface area contributed by atoms with Gasteiger partial charge in [0, 0.05) is 0 Å². The summed E-state index contributed by atoms with van der Waals surface area (Å²) in [6.45, 7) is 1.03. The summed E-state index contributed by atoms with van der Waals surface area (Å²) < 4.78 is 4.88. The molecule has 0 fully saturated rings. The van der Waals surface area contributed by atoms with Gasteiger partial charge in [0.1, 0.15) is 6.10 Å². The van der Waals surface area contributed by atoms with Crippen molar-refractivity contribution in [1.29, 1.82) is 0 Å². The van der Waals surface area contributed by atoms with Crippen LogP contribution in [0.15, 0.2) is 24.3 Å². The van der Waals surface area contributed by atoms with Gasteiger partial charge in [0.25, 0.3) is 0 Å². The third-order valence-corrected chi connectivity index (χ3v) is 2.05. The first-order valence-electron chi connectivity index (χ1n) is 4.67. The zero-order valence-electron chi connectivity index (χ0n) is 8.51. The molecule has 0 aliphatic heterocycles. The zero-order valence-corrected chi connectivity index (χ0v) is 8.51. The van der Waals surface area contributed by atoms with E-state index in [9.17, 15) is 4.79 Å². The lowest BCUT2D eigenvalue weighted by molar-refractivity contribution is -0.00551. The van der Waals surface area contributed by atoms with Crippen LogP contribution in [0.2, 0.25) is 0 Å². The van der Waals surface area contributed by atoms with Crippen LogP contribution < -0.4 is 0 Å². The number of rotatable bonds is 4. The van der Waals surface area contributed by atoms with Gasteiger partial charge in [-0.25, -0.2) is 4.79 Å². The Morgan fingerprint density at radius 3 is 2.47 bits per heavy atom. The van der Waals surface area contributed by atoms with Crippen LogP contribution in [0.3, 0.4) is 0 Å². The summed E-state index contributed by atoms with van der Waals surface area (Å²) in [6.07, 6.45) is -0.850. The van der Waals surface area contributed by atoms with Gasteiger partial charge in [0.05, 0.1) is 18.8 Å². The SMILES string of the molecule is Cc1ccccc1C(=O)OC(CO)CO. The molecule has 0 spiro atoms. The molecule has 0 saturated heterocycles. The van der Waals surface area contributed by atoms with E-state index in [-0.39, 0.29) is 13.2 Å². The lowest BCUT2D eigenvalue weighted by Gasteiger charge is -2.13. The van der Waals surface area contributed by atoms with Crippen LogP contribution in [0.5, 0.6) is 0 Å². The minimum atomic E-state index is -0.850. The summed E-state index contributed by atoms with van der Waals surface area (Å²) in [5, 5.41) is 17.5. The van der Waals surface area contributed by atoms with Crippen LogP contribution in [0.1, 0.15) is 15.9 Å². The molecule has 82 valence electrons. The van der Waals surface area contributed by atoms with Crippen LogP contribution >= 0.6 is 0 Å². The quantitative estimate of drug-likeness (QED) is 0.710. The Bertz CT molecular complexity index is 331. The Morgan fingerprint density at radius 2 is 1.93 bits per heavy atom. The molecule has 0 amide bonds. The van der Waals surface area contributed by atoms with Crippen LogP contribution in [0, 0.1) is 6.92 Å². The number of ether oxygens (including phenoxy) is 1. The lowest BCUT2D eigenvalue weighted by Crippen LogP contribution is -2.25. The maximum absolute atomic E-state index is 11.5. The topological polar surface area (TPSA) is 66.8 Å². The highest BCUT2D eigenvalue weighted by Gasteiger charge is 2.15. The van der Waals surface area contributed by atoms with E-state index in [4.69, 9.17) is 14.9 Å². The average Bonchev–Trinajstić information content (AvgIpc) is 2.26. The van der Waals surface area contributed by atoms with E-state index in [0.717, 1.165) is 5.56 Å². The molecule has 0 bridgehead atoms. The second-order valence-corrected chi connectivity index (χ2v) is 3.21. The highest BCUT2D eigenvalue weighted by Crippen LogP contribution is 2.09. The molecular formula is C11H14O4. The Labute approximate surface area is 88.1 Å². The monoisotopic (exact) mass is 210 g/mol. The van der Waals surface area contributed by atoms with E-state index in [1.165, 1.54) is 0 Å². The van der Waals surface area contributed by atoms with Crippen molar-refractivity contribution in [2.24, 2.45) is 0 Å². The van der Waals surface area contributed by atoms with Gasteiger partial charge >= 0.3 is 5.97 Å². The van der Waals surface area contributed by atoms with Crippen molar-refractivity contribution in [1.82, 2.24) is 0 Å². The maximum Gasteiger partial charge on any atom is 0.338 e. The molecule has 15 heavy (non-hydrogen) atoms. The molecule has 0 radical (unpaired) electrons. The summed E-state index contributed by atoms with van der Waals surface area (Å²) in [5.41, 5.74) is 1.25. The number of hydrogen-bond acceptors (Lipinski definition) is 4. The fourth-order valence-corrected chi connectivity index (χ4v) is 1.15. The molecule has 1 aromatic carbocycles. The number of carbonyl (C=O) groups is 1. The second kappa shape index (κ2) is 5.48. The van der Waals surface area contributed by atoms with Crippen molar-refractivity contribution in [2.45, 2.75) is 13.0 Å². The number of esters is 1. The van der Waals surface area contributed by atoms with Crippen LogP contribution in [-0.2, 0) is 4.74 Å². The van der Waals surface area contributed by atoms with Crippen LogP contribution in [0.25, 0.3) is 0 Å². The lowest BCUT2D eigenvalue weighted by atomic mass is 10.1. The normalized spacial score (nSPS) is 10.4. The highest BCUT2D eigenvalue weighted by molar-refractivity contribution is 5.91. The smallest absolute Gasteiger partial charge is 0.338 e. The third kappa shape index (κ3) is 3.04. The van der Waals surface area contributed by atoms with Gasteiger partial charge in [-0.15, -0.1) is 0 Å². The highest BCUT2D eigenvalue weighted by atomic mass is 16.6. The Morgan fingerprint density at radius 1 is 1.33 bits per heavy atom. The number of hydrogen-bond donors (Lipinski definition) is 2. The van der Waals surface area contributed by atoms with E-state index in [2.05, 4.69) is 0 Å². The second-order valence-electron chi connectivity index (χ2n) is 3.21. The van der Waals surface area contributed by atoms with Crippen molar-refractivity contribution in [2.75, 3.05) is 13.2 Å². The van der Waals surface area contributed by atoms with E-state index in [1.54, 1.807) is 25.1 Å². The first kappa shape index (κ1) is 11.7. The standard InChI is InChI=1S/C11H14O4/c1-8-4-2-3-5-10(8)11(14)15-9(6-12)7-13/h2-5,9,12-13H,6-7H2,1H3. The molecule has 0 unspecified atom stereocenters. The van der Waals surface area contributed by atoms with E-state index in [1.807, 2.05) is 6.07 Å². The number of benzene rings is 1. The molecule has 0 saturated carbocycles. The molecule has 0 aromatic heterocycles. The largest absolute Gasteiger partial charge is 0.454 e. The fraction of sp³-hybridized carbons (Fsp3) is 0.364. The number of aryl methyl sites for hydroxylation is 1. The first-order chi connectivity index (χ1) is 7.19. The van der Waals surface area contributed by atoms with Gasteiger partial charge in [-0.3, -0.25) is 0 Å². The van der Waals surface area contributed by atoms with Gasteiger partial charge in [-0.2, -0.15) is 0 Å². The van der Waals surface area contributed by atoms with E-state index in [0.29, 0.717) is 5.56 Å². The Hall–Kier alpha value is -1.39. The first-order valence-corrected chi connectivity index (χ1v) is 4.67. The van der Waals surface area contributed by atoms with Crippen molar-refractivity contribution in [3.63, 3.8) is 0 Å². The molecule has 0 atom stereocenters. The average molecular weight is 210 g/mol. The fourth-order valence-electron chi connectivity index (χ4n) is 1.15. The maximum atomic E-state index is 11.5. The zero-order chi connectivity index (χ0) is 11.3. The molecule has 1 aromatic rings.